The summed E-state index contributed by atoms with van der Waals surface area (Å²) in [6.07, 6.45) is 4.67. The van der Waals surface area contributed by atoms with Crippen LogP contribution in [-0.2, 0) is 16.4 Å². The van der Waals surface area contributed by atoms with Crippen LogP contribution in [0.15, 0.2) is 52.8 Å². The van der Waals surface area contributed by atoms with Gasteiger partial charge >= 0.3 is 0 Å². The van der Waals surface area contributed by atoms with Crippen molar-refractivity contribution in [3.05, 3.63) is 86.8 Å². The van der Waals surface area contributed by atoms with Gasteiger partial charge in [0.2, 0.25) is 15.0 Å². The van der Waals surface area contributed by atoms with E-state index in [1.54, 1.807) is 19.9 Å². The predicted molar refractivity (Wildman–Crippen MR) is 127 cm³/mol. The van der Waals surface area contributed by atoms with Crippen LogP contribution in [0.25, 0.3) is 17.1 Å². The zero-order valence-corrected chi connectivity index (χ0v) is 20.7. The topological polar surface area (TPSA) is 117 Å². The fourth-order valence-electron chi connectivity index (χ4n) is 3.34. The van der Waals surface area contributed by atoms with Crippen molar-refractivity contribution < 1.29 is 21.9 Å². The number of halogens is 3. The first-order chi connectivity index (χ1) is 17.0. The van der Waals surface area contributed by atoms with Gasteiger partial charge in [0.1, 0.15) is 28.9 Å². The van der Waals surface area contributed by atoms with E-state index in [0.717, 1.165) is 12.5 Å². The van der Waals surface area contributed by atoms with E-state index >= 15 is 0 Å². The molecule has 13 heteroatoms. The molecule has 186 valence electrons. The number of hydrogen-bond acceptors (Lipinski definition) is 8. The van der Waals surface area contributed by atoms with Gasteiger partial charge in [0.25, 0.3) is 5.56 Å². The van der Waals surface area contributed by atoms with E-state index in [0.29, 0.717) is 28.7 Å². The third-order valence-corrected chi connectivity index (χ3v) is 6.30. The van der Waals surface area contributed by atoms with E-state index in [4.69, 9.17) is 16.3 Å². The van der Waals surface area contributed by atoms with E-state index in [2.05, 4.69) is 19.9 Å². The van der Waals surface area contributed by atoms with Crippen LogP contribution in [-0.4, -0.2) is 39.2 Å². The van der Waals surface area contributed by atoms with E-state index in [9.17, 15) is 22.0 Å². The van der Waals surface area contributed by atoms with Crippen molar-refractivity contribution in [2.45, 2.75) is 25.6 Å². The normalized spacial score (nSPS) is 11.5. The average molecular weight is 534 g/mol. The minimum Gasteiger partial charge on any atom is -0.485 e. The molecule has 4 aromatic heterocycles. The molecule has 0 bridgehead atoms. The molecule has 0 aliphatic carbocycles. The molecule has 0 aliphatic heterocycles. The summed E-state index contributed by atoms with van der Waals surface area (Å²) in [7, 11) is -3.64. The Morgan fingerprint density at radius 2 is 1.81 bits per heavy atom. The molecule has 0 amide bonds. The van der Waals surface area contributed by atoms with Crippen LogP contribution in [0.2, 0.25) is 5.02 Å². The minimum absolute atomic E-state index is 0.00136. The van der Waals surface area contributed by atoms with Gasteiger partial charge in [-0.25, -0.2) is 27.2 Å². The molecule has 9 nitrogen and oxygen atoms in total. The van der Waals surface area contributed by atoms with Crippen LogP contribution in [0.3, 0.4) is 0 Å². The maximum Gasteiger partial charge on any atom is 0.277 e. The molecule has 0 radical (unpaired) electrons. The van der Waals surface area contributed by atoms with Gasteiger partial charge in [0.05, 0.1) is 23.3 Å². The van der Waals surface area contributed by atoms with Crippen molar-refractivity contribution in [3.8, 4) is 22.8 Å². The Balaban J connectivity index is 1.73. The smallest absolute Gasteiger partial charge is 0.277 e. The maximum atomic E-state index is 13.9. The molecule has 4 heterocycles. The van der Waals surface area contributed by atoms with Crippen molar-refractivity contribution in [1.29, 1.82) is 0 Å². The molecule has 4 aromatic rings. The number of aromatic nitrogens is 5. The zero-order chi connectivity index (χ0) is 26.2. The standard InChI is InChI=1S/C23H18ClF2N5O4S/c1-12-9-28-17(16-4-5-27-23(30-16)36(3,33)34)8-19(12)31-13(2)6-20(21(24)22(31)32)35-11-18-15(26)7-14(25)10-29-18/h4-10H,11H2,1-3H3. The largest absolute Gasteiger partial charge is 0.485 e. The summed E-state index contributed by atoms with van der Waals surface area (Å²) in [5.41, 5.74) is 1.29. The Bertz CT molecular complexity index is 1660. The number of hydrogen-bond donors (Lipinski definition) is 0. The first kappa shape index (κ1) is 25.3. The quantitative estimate of drug-likeness (QED) is 0.345. The Morgan fingerprint density at radius 3 is 2.50 bits per heavy atom. The summed E-state index contributed by atoms with van der Waals surface area (Å²) in [6.45, 7) is 3.01. The van der Waals surface area contributed by atoms with Crippen LogP contribution in [0.4, 0.5) is 8.78 Å². The first-order valence-corrected chi connectivity index (χ1v) is 12.6. The Labute approximate surface area is 209 Å². The summed E-state index contributed by atoms with van der Waals surface area (Å²) in [5, 5.41) is -0.615. The number of sulfone groups is 1. The number of pyridine rings is 3. The second-order valence-electron chi connectivity index (χ2n) is 7.83. The molecule has 4 rings (SSSR count). The Hall–Kier alpha value is -3.77. The second kappa shape index (κ2) is 9.70. The lowest BCUT2D eigenvalue weighted by Crippen LogP contribution is -2.23. The summed E-state index contributed by atoms with van der Waals surface area (Å²) in [5.74, 6) is -1.71. The summed E-state index contributed by atoms with van der Waals surface area (Å²) < 4.78 is 57.5. The summed E-state index contributed by atoms with van der Waals surface area (Å²) >= 11 is 6.30. The molecular formula is C23H18ClF2N5O4S. The summed E-state index contributed by atoms with van der Waals surface area (Å²) in [4.78, 5) is 29.0. The molecule has 0 saturated carbocycles. The van der Waals surface area contributed by atoms with Crippen LogP contribution in [0, 0.1) is 25.5 Å². The van der Waals surface area contributed by atoms with Crippen molar-refractivity contribution >= 4 is 21.4 Å². The highest BCUT2D eigenvalue weighted by Crippen LogP contribution is 2.27. The molecule has 0 aliphatic rings. The van der Waals surface area contributed by atoms with Crippen LogP contribution in [0.5, 0.6) is 5.75 Å². The molecule has 0 spiro atoms. The number of nitrogens with zero attached hydrogens (tertiary/aromatic N) is 5. The average Bonchev–Trinajstić information content (AvgIpc) is 2.82. The van der Waals surface area contributed by atoms with E-state index in [-0.39, 0.29) is 33.9 Å². The predicted octanol–water partition coefficient (Wildman–Crippen LogP) is 3.62. The van der Waals surface area contributed by atoms with Gasteiger partial charge in [-0.15, -0.1) is 0 Å². The van der Waals surface area contributed by atoms with E-state index < -0.39 is 27.0 Å². The van der Waals surface area contributed by atoms with Crippen molar-refractivity contribution in [2.24, 2.45) is 0 Å². The lowest BCUT2D eigenvalue weighted by atomic mass is 10.1. The number of aryl methyl sites for hydroxylation is 2. The van der Waals surface area contributed by atoms with Crippen LogP contribution < -0.4 is 10.3 Å². The molecular weight excluding hydrogens is 516 g/mol. The van der Waals surface area contributed by atoms with E-state index in [1.807, 2.05) is 0 Å². The zero-order valence-electron chi connectivity index (χ0n) is 19.2. The molecule has 0 atom stereocenters. The maximum absolute atomic E-state index is 13.9. The van der Waals surface area contributed by atoms with E-state index in [1.165, 1.54) is 29.1 Å². The van der Waals surface area contributed by atoms with Crippen molar-refractivity contribution in [1.82, 2.24) is 24.5 Å². The lowest BCUT2D eigenvalue weighted by molar-refractivity contribution is 0.292. The van der Waals surface area contributed by atoms with Crippen LogP contribution in [0.1, 0.15) is 17.0 Å². The van der Waals surface area contributed by atoms with Gasteiger partial charge < -0.3 is 4.74 Å². The number of ether oxygens (including phenoxy) is 1. The molecule has 0 saturated heterocycles. The Kier molecular flexibility index (Phi) is 6.83. The molecule has 36 heavy (non-hydrogen) atoms. The highest BCUT2D eigenvalue weighted by molar-refractivity contribution is 7.90. The van der Waals surface area contributed by atoms with Gasteiger partial charge in [-0.3, -0.25) is 19.3 Å². The van der Waals surface area contributed by atoms with Crippen molar-refractivity contribution in [2.75, 3.05) is 6.26 Å². The third-order valence-electron chi connectivity index (χ3n) is 5.09. The second-order valence-corrected chi connectivity index (χ2v) is 10.1. The van der Waals surface area contributed by atoms with Gasteiger partial charge in [-0.1, -0.05) is 11.6 Å². The molecule has 0 N–H and O–H groups in total. The SMILES string of the molecule is Cc1cnc(-c2ccnc(S(C)(=O)=O)n2)cc1-n1c(C)cc(OCc2ncc(F)cc2F)c(Cl)c1=O. The van der Waals surface area contributed by atoms with Gasteiger partial charge in [-0.05, 0) is 31.5 Å². The van der Waals surface area contributed by atoms with Crippen LogP contribution >= 0.6 is 11.6 Å². The number of rotatable bonds is 6. The van der Waals surface area contributed by atoms with Gasteiger partial charge in [0.15, 0.2) is 5.82 Å². The van der Waals surface area contributed by atoms with Gasteiger partial charge in [-0.2, -0.15) is 0 Å². The monoisotopic (exact) mass is 533 g/mol. The fraction of sp³-hybridized carbons (Fsp3) is 0.174. The minimum atomic E-state index is -3.64. The molecule has 0 unspecified atom stereocenters. The fourth-order valence-corrected chi connectivity index (χ4v) is 4.05. The molecule has 0 aromatic carbocycles. The Morgan fingerprint density at radius 1 is 1.06 bits per heavy atom. The third kappa shape index (κ3) is 5.09. The molecule has 0 fully saturated rings. The first-order valence-electron chi connectivity index (χ1n) is 10.3. The lowest BCUT2D eigenvalue weighted by Gasteiger charge is -2.16. The highest BCUT2D eigenvalue weighted by Gasteiger charge is 2.18. The summed E-state index contributed by atoms with van der Waals surface area (Å²) in [6, 6.07) is 5.25. The van der Waals surface area contributed by atoms with Gasteiger partial charge in [0, 0.05) is 36.5 Å². The van der Waals surface area contributed by atoms with Crippen molar-refractivity contribution in [3.63, 3.8) is 0 Å². The highest BCUT2D eigenvalue weighted by atomic mass is 35.5.